The largest absolute Gasteiger partial charge is 0.496 e. The Bertz CT molecular complexity index is 1240. The molecule has 5 rings (SSSR count). The molecule has 1 N–H and O–H groups in total. The second kappa shape index (κ2) is 11.2. The predicted octanol–water partition coefficient (Wildman–Crippen LogP) is 3.20. The van der Waals surface area contributed by atoms with E-state index in [4.69, 9.17) is 24.4 Å². The van der Waals surface area contributed by atoms with E-state index in [1.54, 1.807) is 7.11 Å². The number of methoxy groups -OCH3 is 1. The van der Waals surface area contributed by atoms with Crippen molar-refractivity contribution in [2.75, 3.05) is 70.4 Å². The summed E-state index contributed by atoms with van der Waals surface area (Å²) in [6.07, 6.45) is 2.36. The summed E-state index contributed by atoms with van der Waals surface area (Å²) in [7, 11) is 5.88. The number of morpholine rings is 1. The first-order valence-electron chi connectivity index (χ1n) is 13.2. The van der Waals surface area contributed by atoms with Gasteiger partial charge >= 0.3 is 0 Å². The standard InChI is InChI=1S/C28H38N6O3/c1-19-18-37-13-12-34(19)27-23-8-9-24(21-7-10-25(36-4)22(14-21)17-35)29-26(23)30-28(31-27)33-11-5-6-20(16-33)15-32(2)3/h7-10,14,19-20,35H,5-6,11-13,15-18H2,1-4H3/t19-,20?/m0/s1. The van der Waals surface area contributed by atoms with E-state index in [9.17, 15) is 5.11 Å². The van der Waals surface area contributed by atoms with Crippen LogP contribution in [0.4, 0.5) is 11.8 Å². The molecule has 0 saturated carbocycles. The Kier molecular flexibility index (Phi) is 7.73. The molecule has 1 aromatic carbocycles. The molecular formula is C28H38N6O3. The van der Waals surface area contributed by atoms with Gasteiger partial charge in [-0.3, -0.25) is 0 Å². The van der Waals surface area contributed by atoms with E-state index in [-0.39, 0.29) is 12.6 Å². The maximum Gasteiger partial charge on any atom is 0.229 e. The second-order valence-electron chi connectivity index (χ2n) is 10.4. The zero-order valence-corrected chi connectivity index (χ0v) is 22.4. The number of hydrogen-bond donors (Lipinski definition) is 1. The monoisotopic (exact) mass is 506 g/mol. The smallest absolute Gasteiger partial charge is 0.229 e. The molecular weight excluding hydrogens is 468 g/mol. The van der Waals surface area contributed by atoms with Crippen LogP contribution in [-0.2, 0) is 11.3 Å². The minimum absolute atomic E-state index is 0.0982. The molecule has 2 saturated heterocycles. The molecule has 2 aliphatic heterocycles. The van der Waals surface area contributed by atoms with Gasteiger partial charge in [-0.05, 0) is 70.1 Å². The molecule has 0 radical (unpaired) electrons. The average molecular weight is 507 g/mol. The predicted molar refractivity (Wildman–Crippen MR) is 146 cm³/mol. The van der Waals surface area contributed by atoms with Gasteiger partial charge in [-0.2, -0.15) is 9.97 Å². The lowest BCUT2D eigenvalue weighted by Gasteiger charge is -2.37. The van der Waals surface area contributed by atoms with E-state index in [1.165, 1.54) is 6.42 Å². The van der Waals surface area contributed by atoms with Crippen LogP contribution in [0.15, 0.2) is 30.3 Å². The van der Waals surface area contributed by atoms with Crippen LogP contribution >= 0.6 is 0 Å². The van der Waals surface area contributed by atoms with Gasteiger partial charge in [0.05, 0.1) is 44.1 Å². The van der Waals surface area contributed by atoms with E-state index in [0.29, 0.717) is 30.5 Å². The first-order valence-corrected chi connectivity index (χ1v) is 13.2. The molecule has 198 valence electrons. The first kappa shape index (κ1) is 25.6. The zero-order chi connectivity index (χ0) is 25.9. The Morgan fingerprint density at radius 2 is 2.00 bits per heavy atom. The fourth-order valence-electron chi connectivity index (χ4n) is 5.52. The number of pyridine rings is 1. The lowest BCUT2D eigenvalue weighted by Crippen LogP contribution is -2.45. The van der Waals surface area contributed by atoms with Gasteiger partial charge in [0.25, 0.3) is 0 Å². The molecule has 0 aliphatic carbocycles. The summed E-state index contributed by atoms with van der Waals surface area (Å²) in [5, 5.41) is 10.8. The van der Waals surface area contributed by atoms with E-state index >= 15 is 0 Å². The van der Waals surface area contributed by atoms with Gasteiger partial charge in [-0.15, -0.1) is 0 Å². The lowest BCUT2D eigenvalue weighted by atomic mass is 9.98. The average Bonchev–Trinajstić information content (AvgIpc) is 2.92. The maximum absolute atomic E-state index is 9.81. The van der Waals surface area contributed by atoms with Gasteiger partial charge in [0.2, 0.25) is 5.95 Å². The molecule has 0 amide bonds. The SMILES string of the molecule is COc1ccc(-c2ccc3c(N4CCOC[C@@H]4C)nc(N4CCCC(CN(C)C)C4)nc3n2)cc1CO. The summed E-state index contributed by atoms with van der Waals surface area (Å²) >= 11 is 0. The summed E-state index contributed by atoms with van der Waals surface area (Å²) in [5.74, 6) is 2.93. The van der Waals surface area contributed by atoms with Crippen molar-refractivity contribution >= 4 is 22.8 Å². The Morgan fingerprint density at radius 3 is 2.76 bits per heavy atom. The molecule has 2 atom stereocenters. The fourth-order valence-corrected chi connectivity index (χ4v) is 5.52. The zero-order valence-electron chi connectivity index (χ0n) is 22.4. The van der Waals surface area contributed by atoms with Gasteiger partial charge in [-0.1, -0.05) is 0 Å². The number of nitrogens with zero attached hydrogens (tertiary/aromatic N) is 6. The van der Waals surface area contributed by atoms with Crippen molar-refractivity contribution < 1.29 is 14.6 Å². The van der Waals surface area contributed by atoms with Crippen LogP contribution in [0.1, 0.15) is 25.3 Å². The number of piperidine rings is 1. The number of anilines is 2. The summed E-state index contributed by atoms with van der Waals surface area (Å²) in [4.78, 5) is 22.1. The first-order chi connectivity index (χ1) is 18.0. The third-order valence-corrected chi connectivity index (χ3v) is 7.34. The number of rotatable bonds is 7. The number of fused-ring (bicyclic) bond motifs is 1. The Hall–Kier alpha value is -3.01. The van der Waals surface area contributed by atoms with Crippen LogP contribution in [0.2, 0.25) is 0 Å². The van der Waals surface area contributed by atoms with Crippen LogP contribution in [0.3, 0.4) is 0 Å². The molecule has 37 heavy (non-hydrogen) atoms. The van der Waals surface area contributed by atoms with Crippen molar-refractivity contribution in [2.45, 2.75) is 32.4 Å². The normalized spacial score (nSPS) is 20.6. The molecule has 9 heteroatoms. The highest BCUT2D eigenvalue weighted by molar-refractivity contribution is 5.90. The molecule has 2 aliphatic rings. The van der Waals surface area contributed by atoms with Crippen molar-refractivity contribution in [3.63, 3.8) is 0 Å². The maximum atomic E-state index is 9.81. The fraction of sp³-hybridized carbons (Fsp3) is 0.536. The number of aliphatic hydroxyl groups is 1. The topological polar surface area (TPSA) is 87.1 Å². The van der Waals surface area contributed by atoms with Crippen LogP contribution in [-0.4, -0.2) is 91.6 Å². The third kappa shape index (κ3) is 5.49. The van der Waals surface area contributed by atoms with E-state index in [0.717, 1.165) is 66.6 Å². The van der Waals surface area contributed by atoms with Gasteiger partial charge in [0, 0.05) is 37.3 Å². The van der Waals surface area contributed by atoms with Gasteiger partial charge in [0.1, 0.15) is 11.6 Å². The van der Waals surface area contributed by atoms with Gasteiger partial charge in [-0.25, -0.2) is 4.98 Å². The minimum Gasteiger partial charge on any atom is -0.496 e. The van der Waals surface area contributed by atoms with Crippen molar-refractivity contribution in [3.8, 4) is 17.0 Å². The molecule has 0 bridgehead atoms. The molecule has 1 unspecified atom stereocenters. The quantitative estimate of drug-likeness (QED) is 0.519. The number of benzene rings is 1. The van der Waals surface area contributed by atoms with E-state index in [2.05, 4.69) is 41.8 Å². The van der Waals surface area contributed by atoms with Crippen molar-refractivity contribution in [1.29, 1.82) is 0 Å². The number of aliphatic hydroxyl groups excluding tert-OH is 1. The van der Waals surface area contributed by atoms with Crippen LogP contribution in [0.5, 0.6) is 5.75 Å². The summed E-state index contributed by atoms with van der Waals surface area (Å²) < 4.78 is 11.1. The van der Waals surface area contributed by atoms with Crippen LogP contribution in [0, 0.1) is 5.92 Å². The molecule has 0 spiro atoms. The second-order valence-corrected chi connectivity index (χ2v) is 10.4. The Balaban J connectivity index is 1.58. The molecule has 3 aromatic rings. The lowest BCUT2D eigenvalue weighted by molar-refractivity contribution is 0.0987. The van der Waals surface area contributed by atoms with E-state index in [1.807, 2.05) is 24.3 Å². The minimum atomic E-state index is -0.0982. The highest BCUT2D eigenvalue weighted by atomic mass is 16.5. The number of hydrogen-bond acceptors (Lipinski definition) is 9. The number of aromatic nitrogens is 3. The number of ether oxygens (including phenoxy) is 2. The van der Waals surface area contributed by atoms with Gasteiger partial charge < -0.3 is 29.3 Å². The Labute approximate surface area is 219 Å². The van der Waals surface area contributed by atoms with Crippen LogP contribution in [0.25, 0.3) is 22.3 Å². The molecule has 2 fully saturated rings. The third-order valence-electron chi connectivity index (χ3n) is 7.34. The molecule has 2 aromatic heterocycles. The van der Waals surface area contributed by atoms with E-state index < -0.39 is 0 Å². The summed E-state index contributed by atoms with van der Waals surface area (Å²) in [5.41, 5.74) is 3.14. The van der Waals surface area contributed by atoms with Crippen molar-refractivity contribution in [3.05, 3.63) is 35.9 Å². The van der Waals surface area contributed by atoms with Crippen molar-refractivity contribution in [1.82, 2.24) is 19.9 Å². The summed E-state index contributed by atoms with van der Waals surface area (Å²) in [6.45, 7) is 7.18. The molecule has 4 heterocycles. The van der Waals surface area contributed by atoms with Gasteiger partial charge in [0.15, 0.2) is 5.65 Å². The van der Waals surface area contributed by atoms with Crippen molar-refractivity contribution in [2.24, 2.45) is 5.92 Å². The van der Waals surface area contributed by atoms with Crippen LogP contribution < -0.4 is 14.5 Å². The summed E-state index contributed by atoms with van der Waals surface area (Å²) in [6, 6.07) is 10.1. The highest BCUT2D eigenvalue weighted by Gasteiger charge is 2.27. The highest BCUT2D eigenvalue weighted by Crippen LogP contribution is 2.32. The Morgan fingerprint density at radius 1 is 1.14 bits per heavy atom. The molecule has 9 nitrogen and oxygen atoms in total.